The molecule has 180 valence electrons. The zero-order valence-corrected chi connectivity index (χ0v) is 20.8. The van der Waals surface area contributed by atoms with Gasteiger partial charge in [0.1, 0.15) is 24.7 Å². The summed E-state index contributed by atoms with van der Waals surface area (Å²) in [6.07, 6.45) is 0. The molecule has 1 N–H and O–H groups in total. The summed E-state index contributed by atoms with van der Waals surface area (Å²) in [5, 5.41) is 3.29. The van der Waals surface area contributed by atoms with Crippen LogP contribution in [0.25, 0.3) is 0 Å². The van der Waals surface area contributed by atoms with Crippen LogP contribution in [0.2, 0.25) is 5.02 Å². The van der Waals surface area contributed by atoms with Gasteiger partial charge in [0.15, 0.2) is 0 Å². The zero-order chi connectivity index (χ0) is 24.7. The molecule has 0 saturated heterocycles. The molecular weight excluding hydrogens is 476 g/mol. The summed E-state index contributed by atoms with van der Waals surface area (Å²) in [7, 11) is -2.41. The Morgan fingerprint density at radius 3 is 2.29 bits per heavy atom. The molecule has 0 saturated carbocycles. The van der Waals surface area contributed by atoms with E-state index in [4.69, 9.17) is 21.1 Å². The quantitative estimate of drug-likeness (QED) is 0.443. The number of amides is 1. The van der Waals surface area contributed by atoms with Crippen molar-refractivity contribution >= 4 is 33.2 Å². The van der Waals surface area contributed by atoms with Crippen molar-refractivity contribution in [1.82, 2.24) is 5.32 Å². The first-order valence-electron chi connectivity index (χ1n) is 10.6. The topological polar surface area (TPSA) is 84.9 Å². The van der Waals surface area contributed by atoms with Crippen LogP contribution >= 0.6 is 11.6 Å². The second-order valence-electron chi connectivity index (χ2n) is 7.71. The summed E-state index contributed by atoms with van der Waals surface area (Å²) < 4.78 is 38.8. The molecule has 0 aliphatic heterocycles. The molecule has 1 unspecified atom stereocenters. The van der Waals surface area contributed by atoms with Crippen molar-refractivity contribution in [2.75, 3.05) is 24.6 Å². The Balaban J connectivity index is 1.74. The molecule has 0 fully saturated rings. The molecule has 0 aromatic heterocycles. The minimum absolute atomic E-state index is 0.0908. The highest BCUT2D eigenvalue weighted by Crippen LogP contribution is 2.28. The largest absolute Gasteiger partial charge is 0.497 e. The molecule has 1 atom stereocenters. The van der Waals surface area contributed by atoms with E-state index in [1.165, 1.54) is 12.1 Å². The molecule has 9 heteroatoms. The average molecular weight is 503 g/mol. The number of anilines is 1. The van der Waals surface area contributed by atoms with Gasteiger partial charge in [-0.2, -0.15) is 0 Å². The first-order valence-corrected chi connectivity index (χ1v) is 12.4. The lowest BCUT2D eigenvalue weighted by Gasteiger charge is -2.26. The van der Waals surface area contributed by atoms with Crippen molar-refractivity contribution in [2.45, 2.75) is 24.8 Å². The van der Waals surface area contributed by atoms with Crippen LogP contribution in [0.4, 0.5) is 5.69 Å². The number of hydrogen-bond acceptors (Lipinski definition) is 5. The number of halogens is 1. The summed E-state index contributed by atoms with van der Waals surface area (Å²) >= 11 is 6.06. The second-order valence-corrected chi connectivity index (χ2v) is 10.0. The van der Waals surface area contributed by atoms with Crippen molar-refractivity contribution in [2.24, 2.45) is 0 Å². The number of rotatable bonds is 10. The van der Waals surface area contributed by atoms with Crippen LogP contribution in [0.1, 0.15) is 12.5 Å². The second kappa shape index (κ2) is 11.3. The van der Waals surface area contributed by atoms with Gasteiger partial charge in [0.25, 0.3) is 10.0 Å². The van der Waals surface area contributed by atoms with Gasteiger partial charge in [0, 0.05) is 5.02 Å². The molecule has 34 heavy (non-hydrogen) atoms. The number of hydrogen-bond donors (Lipinski definition) is 1. The van der Waals surface area contributed by atoms with Gasteiger partial charge in [-0.15, -0.1) is 0 Å². The maximum Gasteiger partial charge on any atom is 0.264 e. The normalized spacial score (nSPS) is 12.0. The van der Waals surface area contributed by atoms with Crippen LogP contribution in [-0.4, -0.2) is 40.6 Å². The fourth-order valence-electron chi connectivity index (χ4n) is 3.30. The van der Waals surface area contributed by atoms with Crippen molar-refractivity contribution in [3.8, 4) is 11.5 Å². The molecule has 3 aromatic rings. The number of nitrogens with zero attached hydrogens (tertiary/aromatic N) is 1. The summed E-state index contributed by atoms with van der Waals surface area (Å²) in [5.41, 5.74) is 1.02. The summed E-state index contributed by atoms with van der Waals surface area (Å²) in [6, 6.07) is 19.6. The Morgan fingerprint density at radius 2 is 1.68 bits per heavy atom. The number of aryl methyl sites for hydroxylation is 1. The van der Waals surface area contributed by atoms with Crippen molar-refractivity contribution in [3.05, 3.63) is 83.4 Å². The average Bonchev–Trinajstić information content (AvgIpc) is 2.82. The highest BCUT2D eigenvalue weighted by Gasteiger charge is 2.28. The predicted octanol–water partition coefficient (Wildman–Crippen LogP) is 4.44. The Morgan fingerprint density at radius 1 is 1.03 bits per heavy atom. The molecule has 0 radical (unpaired) electrons. The molecule has 3 aromatic carbocycles. The van der Waals surface area contributed by atoms with Gasteiger partial charge in [0.2, 0.25) is 5.91 Å². The van der Waals surface area contributed by atoms with Crippen LogP contribution in [0.15, 0.2) is 77.7 Å². The Hall–Kier alpha value is -3.23. The van der Waals surface area contributed by atoms with E-state index in [0.29, 0.717) is 27.8 Å². The zero-order valence-electron chi connectivity index (χ0n) is 19.2. The van der Waals surface area contributed by atoms with E-state index < -0.39 is 22.5 Å². The number of carbonyl (C=O) groups is 1. The molecule has 0 bridgehead atoms. The molecule has 0 spiro atoms. The predicted molar refractivity (Wildman–Crippen MR) is 133 cm³/mol. The molecule has 7 nitrogen and oxygen atoms in total. The number of benzene rings is 3. The molecule has 1 amide bonds. The third-order valence-electron chi connectivity index (χ3n) is 5.01. The lowest BCUT2D eigenvalue weighted by Crippen LogP contribution is -2.45. The van der Waals surface area contributed by atoms with Crippen molar-refractivity contribution in [1.29, 1.82) is 0 Å². The van der Waals surface area contributed by atoms with E-state index in [1.54, 1.807) is 81.6 Å². The fraction of sp³-hybridized carbons (Fsp3) is 0.240. The highest BCUT2D eigenvalue weighted by atomic mass is 35.5. The molecule has 0 heterocycles. The van der Waals surface area contributed by atoms with Crippen LogP contribution in [0, 0.1) is 6.92 Å². The van der Waals surface area contributed by atoms with E-state index in [2.05, 4.69) is 5.32 Å². The first-order chi connectivity index (χ1) is 16.2. The number of carbonyl (C=O) groups excluding carboxylic acids is 1. The first kappa shape index (κ1) is 25.4. The maximum absolute atomic E-state index is 13.4. The Kier molecular flexibility index (Phi) is 8.41. The summed E-state index contributed by atoms with van der Waals surface area (Å²) in [4.78, 5) is 13.0. The Labute approximate surface area is 205 Å². The van der Waals surface area contributed by atoms with Crippen molar-refractivity contribution in [3.63, 3.8) is 0 Å². The molecule has 0 aliphatic carbocycles. The fourth-order valence-corrected chi connectivity index (χ4v) is 5.04. The summed E-state index contributed by atoms with van der Waals surface area (Å²) in [5.74, 6) is 0.887. The monoisotopic (exact) mass is 502 g/mol. The van der Waals surface area contributed by atoms with E-state index in [1.807, 2.05) is 0 Å². The van der Waals surface area contributed by atoms with Gasteiger partial charge in [0.05, 0.1) is 23.7 Å². The van der Waals surface area contributed by atoms with E-state index in [0.717, 1.165) is 4.31 Å². The number of ether oxygens (including phenoxy) is 2. The van der Waals surface area contributed by atoms with E-state index in [9.17, 15) is 13.2 Å². The summed E-state index contributed by atoms with van der Waals surface area (Å²) in [6.45, 7) is 3.35. The van der Waals surface area contributed by atoms with Crippen LogP contribution < -0.4 is 19.1 Å². The molecule has 0 aliphatic rings. The molecule has 3 rings (SSSR count). The van der Waals surface area contributed by atoms with Gasteiger partial charge < -0.3 is 14.8 Å². The lowest BCUT2D eigenvalue weighted by molar-refractivity contribution is -0.120. The minimum atomic E-state index is -4.00. The highest BCUT2D eigenvalue weighted by molar-refractivity contribution is 7.92. The van der Waals surface area contributed by atoms with Crippen LogP contribution in [0.5, 0.6) is 11.5 Å². The molecular formula is C25H27ClN2O5S. The number of nitrogens with one attached hydrogen (secondary N) is 1. The van der Waals surface area contributed by atoms with Crippen molar-refractivity contribution < 1.29 is 22.7 Å². The lowest BCUT2D eigenvalue weighted by atomic mass is 10.2. The number of sulfonamides is 1. The smallest absolute Gasteiger partial charge is 0.264 e. The van der Waals surface area contributed by atoms with E-state index in [-0.39, 0.29) is 17.5 Å². The standard InChI is InChI=1S/C25H27ClN2O5S/c1-18-15-20(26)9-14-24(18)28(34(30,31)23-7-5-4-6-8-23)16-25(29)27-19(2)17-33-22-12-10-21(32-3)11-13-22/h4-15,19H,16-17H2,1-3H3,(H,27,29). The van der Waals surface area contributed by atoms with E-state index >= 15 is 0 Å². The SMILES string of the molecule is COc1ccc(OCC(C)NC(=O)CN(c2ccc(Cl)cc2C)S(=O)(=O)c2ccccc2)cc1. The van der Waals surface area contributed by atoms with Gasteiger partial charge in [-0.1, -0.05) is 29.8 Å². The van der Waals surface area contributed by atoms with Crippen LogP contribution in [0.3, 0.4) is 0 Å². The third-order valence-corrected chi connectivity index (χ3v) is 7.02. The van der Waals surface area contributed by atoms with Gasteiger partial charge >= 0.3 is 0 Å². The minimum Gasteiger partial charge on any atom is -0.497 e. The Bertz CT molecular complexity index is 1220. The van der Waals surface area contributed by atoms with Gasteiger partial charge in [-0.25, -0.2) is 8.42 Å². The van der Waals surface area contributed by atoms with Crippen LogP contribution in [-0.2, 0) is 14.8 Å². The van der Waals surface area contributed by atoms with Gasteiger partial charge in [-0.3, -0.25) is 9.10 Å². The third kappa shape index (κ3) is 6.42. The number of methoxy groups -OCH3 is 1. The van der Waals surface area contributed by atoms with Gasteiger partial charge in [-0.05, 0) is 74.0 Å². The maximum atomic E-state index is 13.4.